The first-order valence-electron chi connectivity index (χ1n) is 18.9. The van der Waals surface area contributed by atoms with Gasteiger partial charge in [0.05, 0.1) is 37.3 Å². The molecule has 8 rings (SSSR count). The van der Waals surface area contributed by atoms with Gasteiger partial charge in [-0.1, -0.05) is 72.5 Å². The van der Waals surface area contributed by atoms with Crippen LogP contribution in [0.3, 0.4) is 0 Å². The molecule has 0 amide bonds. The van der Waals surface area contributed by atoms with Crippen molar-refractivity contribution in [3.63, 3.8) is 0 Å². The van der Waals surface area contributed by atoms with E-state index in [1.807, 2.05) is 62.4 Å². The molecule has 2 aromatic heterocycles. The molecule has 0 saturated carbocycles. The summed E-state index contributed by atoms with van der Waals surface area (Å²) in [6.45, 7) is 12.7. The summed E-state index contributed by atoms with van der Waals surface area (Å²) in [6, 6.07) is 42.4. The van der Waals surface area contributed by atoms with Crippen LogP contribution in [0.15, 0.2) is 130 Å². The summed E-state index contributed by atoms with van der Waals surface area (Å²) in [6.07, 6.45) is 1.98. The zero-order valence-corrected chi connectivity index (χ0v) is 38.3. The maximum atomic E-state index is 5.82. The van der Waals surface area contributed by atoms with Crippen LogP contribution < -0.4 is 9.47 Å². The van der Waals surface area contributed by atoms with Gasteiger partial charge < -0.3 is 18.3 Å². The molecule has 4 nitrogen and oxygen atoms in total. The van der Waals surface area contributed by atoms with E-state index in [4.69, 9.17) is 35.3 Å². The summed E-state index contributed by atoms with van der Waals surface area (Å²) in [5.74, 6) is 5.46. The van der Waals surface area contributed by atoms with Crippen LogP contribution in [0, 0.1) is 13.8 Å². The number of aryl methyl sites for hydroxylation is 4. The Bertz CT molecular complexity index is 2430. The molecule has 8 heteroatoms. The first-order chi connectivity index (χ1) is 27.0. The fraction of sp³-hybridized carbons (Fsp3) is 0.208. The molecule has 8 aromatic rings. The Kier molecular flexibility index (Phi) is 14.0. The third-order valence-electron chi connectivity index (χ3n) is 9.86. The van der Waals surface area contributed by atoms with Gasteiger partial charge in [-0.15, -0.1) is 57.9 Å². The SMILES string of the molecule is CCc1ccc2[cH-]c(-c3ccc(C)o3)cc2c1-c1cccc(OC)c1.CCc1ccc2[cH-]c(-c3ccc(C)o3)cc2c1-c1cccc(OC)c1.C[Si](C)=[Zr]([Cl])[Cl]. The molecule has 0 saturated heterocycles. The summed E-state index contributed by atoms with van der Waals surface area (Å²) in [7, 11) is 14.7. The van der Waals surface area contributed by atoms with Gasteiger partial charge in [0, 0.05) is 0 Å². The van der Waals surface area contributed by atoms with Gasteiger partial charge in [0.15, 0.2) is 0 Å². The van der Waals surface area contributed by atoms with E-state index in [1.54, 1.807) is 14.2 Å². The van der Waals surface area contributed by atoms with Gasteiger partial charge in [-0.05, 0) is 97.5 Å². The minimum atomic E-state index is -1.65. The minimum absolute atomic E-state index is 0.224. The average Bonchev–Trinajstić information content (AvgIpc) is 4.04. The van der Waals surface area contributed by atoms with Crippen LogP contribution in [0.4, 0.5) is 0 Å². The van der Waals surface area contributed by atoms with E-state index in [-0.39, 0.29) is 5.43 Å². The molecule has 288 valence electrons. The molecule has 0 fully saturated rings. The van der Waals surface area contributed by atoms with Gasteiger partial charge in [0.2, 0.25) is 0 Å². The Hall–Kier alpha value is -4.06. The van der Waals surface area contributed by atoms with E-state index in [0.29, 0.717) is 0 Å². The summed E-state index contributed by atoms with van der Waals surface area (Å²) in [4.78, 5) is 0. The predicted molar refractivity (Wildman–Crippen MR) is 236 cm³/mol. The van der Waals surface area contributed by atoms with Gasteiger partial charge in [-0.25, -0.2) is 0 Å². The number of methoxy groups -OCH3 is 2. The van der Waals surface area contributed by atoms with Crippen LogP contribution in [-0.2, 0) is 30.8 Å². The van der Waals surface area contributed by atoms with Gasteiger partial charge in [0.1, 0.15) is 11.5 Å². The molecule has 6 aromatic carbocycles. The van der Waals surface area contributed by atoms with Crippen molar-refractivity contribution in [1.82, 2.24) is 0 Å². The fourth-order valence-electron chi connectivity index (χ4n) is 6.95. The standard InChI is InChI=1S/2C23H21O2.C2H6Si.2ClH.Zr/c2*1-4-16-9-10-17-12-19(22-11-8-15(2)25-22)14-21(17)23(16)18-6-5-7-20(13-18)24-3;1-3-2;;;/h2*5-14H,4H2,1-3H3;1-2H3;2*1H;/q2*-1;;;;+2/p-2. The number of hydrogen-bond acceptors (Lipinski definition) is 4. The van der Waals surface area contributed by atoms with E-state index in [1.165, 1.54) is 54.9 Å². The topological polar surface area (TPSA) is 44.7 Å². The van der Waals surface area contributed by atoms with E-state index < -0.39 is 18.0 Å². The van der Waals surface area contributed by atoms with Crippen LogP contribution in [0.1, 0.15) is 36.5 Å². The van der Waals surface area contributed by atoms with Crippen LogP contribution in [0.5, 0.6) is 11.5 Å². The van der Waals surface area contributed by atoms with Crippen molar-refractivity contribution in [3.05, 3.63) is 144 Å². The number of benzene rings is 4. The van der Waals surface area contributed by atoms with Crippen molar-refractivity contribution in [2.45, 2.75) is 53.6 Å². The third-order valence-corrected chi connectivity index (χ3v) is 29.6. The van der Waals surface area contributed by atoms with E-state index in [0.717, 1.165) is 58.5 Å². The average molecular weight is 879 g/mol. The second kappa shape index (κ2) is 18.9. The van der Waals surface area contributed by atoms with Crippen molar-refractivity contribution in [3.8, 4) is 56.4 Å². The quantitative estimate of drug-likeness (QED) is 0.113. The second-order valence-corrected chi connectivity index (χ2v) is 36.9. The number of halogens is 2. The molecular weight excluding hydrogens is 831 g/mol. The van der Waals surface area contributed by atoms with Crippen molar-refractivity contribution < 1.29 is 36.3 Å². The van der Waals surface area contributed by atoms with Crippen molar-refractivity contribution in [1.29, 1.82) is 0 Å². The number of fused-ring (bicyclic) bond motifs is 2. The molecule has 0 aliphatic carbocycles. The molecule has 0 aliphatic heterocycles. The number of hydrogen-bond donors (Lipinski definition) is 0. The molecule has 0 radical (unpaired) electrons. The van der Waals surface area contributed by atoms with E-state index >= 15 is 0 Å². The Balaban J connectivity index is 0.000000166. The monoisotopic (exact) mass is 876 g/mol. The Labute approximate surface area is 346 Å². The molecule has 0 N–H and O–H groups in total. The maximum absolute atomic E-state index is 5.82. The van der Waals surface area contributed by atoms with Gasteiger partial charge >= 0.3 is 53.5 Å². The zero-order chi connectivity index (χ0) is 39.9. The molecule has 0 unspecified atom stereocenters. The van der Waals surface area contributed by atoms with Crippen LogP contribution >= 0.6 is 17.0 Å². The molecule has 0 aliphatic rings. The third kappa shape index (κ3) is 9.55. The van der Waals surface area contributed by atoms with Crippen molar-refractivity contribution >= 4 is 44.0 Å². The number of furan rings is 2. The van der Waals surface area contributed by atoms with Crippen LogP contribution in [0.2, 0.25) is 13.1 Å². The van der Waals surface area contributed by atoms with Crippen molar-refractivity contribution in [2.75, 3.05) is 14.2 Å². The van der Waals surface area contributed by atoms with Gasteiger partial charge in [0.25, 0.3) is 0 Å². The normalized spacial score (nSPS) is 10.8. The predicted octanol–water partition coefficient (Wildman–Crippen LogP) is 14.9. The summed E-state index contributed by atoms with van der Waals surface area (Å²) in [5.41, 5.74) is 9.66. The second-order valence-electron chi connectivity index (χ2n) is 13.9. The summed E-state index contributed by atoms with van der Waals surface area (Å²) < 4.78 is 22.5. The van der Waals surface area contributed by atoms with Gasteiger partial charge in [-0.3, -0.25) is 0 Å². The number of rotatable bonds is 8. The molecule has 56 heavy (non-hydrogen) atoms. The van der Waals surface area contributed by atoms with Crippen LogP contribution in [-0.4, -0.2) is 19.7 Å². The van der Waals surface area contributed by atoms with E-state index in [2.05, 4.69) is 99.7 Å². The zero-order valence-electron chi connectivity index (χ0n) is 33.4. The first-order valence-corrected chi connectivity index (χ1v) is 31.4. The van der Waals surface area contributed by atoms with Crippen LogP contribution in [0.25, 0.3) is 66.4 Å². The Morgan fingerprint density at radius 1 is 0.589 bits per heavy atom. The Morgan fingerprint density at radius 2 is 1.00 bits per heavy atom. The fourth-order valence-corrected chi connectivity index (χ4v) is 6.95. The summed E-state index contributed by atoms with van der Waals surface area (Å²) in [5, 5.41) is 4.99. The molecule has 0 bridgehead atoms. The van der Waals surface area contributed by atoms with Crippen molar-refractivity contribution in [2.24, 2.45) is 0 Å². The molecule has 2 heterocycles. The molecule has 0 spiro atoms. The first kappa shape index (κ1) is 41.6. The summed E-state index contributed by atoms with van der Waals surface area (Å²) >= 11 is -1.65. The molecule has 0 atom stereocenters. The van der Waals surface area contributed by atoms with E-state index in [9.17, 15) is 0 Å². The van der Waals surface area contributed by atoms with Gasteiger partial charge in [-0.2, -0.15) is 0 Å². The molecular formula is C48H48Cl2O4SiZr-2. The Morgan fingerprint density at radius 3 is 1.32 bits per heavy atom. The number of ether oxygens (including phenoxy) is 2.